The van der Waals surface area contributed by atoms with Crippen molar-refractivity contribution < 1.29 is 19.4 Å². The van der Waals surface area contributed by atoms with E-state index in [4.69, 9.17) is 9.84 Å². The second kappa shape index (κ2) is 7.46. The summed E-state index contributed by atoms with van der Waals surface area (Å²) in [5.74, 6) is 1.19. The fraction of sp³-hybridized carbons (Fsp3) is 0.750. The minimum atomic E-state index is -0.745. The van der Waals surface area contributed by atoms with Gasteiger partial charge in [0, 0.05) is 6.42 Å². The molecule has 0 amide bonds. The normalized spacial score (nSPS) is 26.9. The van der Waals surface area contributed by atoms with E-state index in [1.807, 2.05) is 6.92 Å². The number of fused-ring (bicyclic) bond motifs is 2. The van der Waals surface area contributed by atoms with Gasteiger partial charge in [0.25, 0.3) is 0 Å². The number of carboxylic acid groups (broad SMARTS) is 1. The van der Waals surface area contributed by atoms with Gasteiger partial charge in [-0.05, 0) is 37.5 Å². The number of allylic oxidation sites excluding steroid dienone is 2. The van der Waals surface area contributed by atoms with Gasteiger partial charge in [0.2, 0.25) is 0 Å². The first kappa shape index (κ1) is 16.7. The minimum absolute atomic E-state index is 0.0176. The van der Waals surface area contributed by atoms with Gasteiger partial charge in [-0.3, -0.25) is 9.59 Å². The van der Waals surface area contributed by atoms with E-state index in [1.165, 1.54) is 6.42 Å². The lowest BCUT2D eigenvalue weighted by atomic mass is 9.85. The first-order chi connectivity index (χ1) is 9.40. The van der Waals surface area contributed by atoms with Gasteiger partial charge in [0.05, 0.1) is 12.5 Å². The summed E-state index contributed by atoms with van der Waals surface area (Å²) >= 11 is 0. The maximum Gasteiger partial charge on any atom is 0.309 e. The van der Waals surface area contributed by atoms with Gasteiger partial charge < -0.3 is 9.84 Å². The average molecular weight is 282 g/mol. The lowest BCUT2D eigenvalue weighted by Crippen LogP contribution is -2.23. The van der Waals surface area contributed by atoms with E-state index in [9.17, 15) is 9.59 Å². The molecule has 0 radical (unpaired) electrons. The Labute approximate surface area is 121 Å². The molecular weight excluding hydrogens is 256 g/mol. The van der Waals surface area contributed by atoms with Crippen LogP contribution in [0.3, 0.4) is 0 Å². The molecule has 1 N–H and O–H groups in total. The van der Waals surface area contributed by atoms with E-state index < -0.39 is 5.97 Å². The Morgan fingerprint density at radius 1 is 1.35 bits per heavy atom. The number of carbonyl (C=O) groups is 2. The molecule has 2 aliphatic rings. The van der Waals surface area contributed by atoms with Crippen LogP contribution in [-0.4, -0.2) is 23.7 Å². The SMILES string of the molecule is CCC(=O)O.CCOC(=O)C1CC2CC1C=C2C(C)C. The van der Waals surface area contributed by atoms with E-state index in [0.717, 1.165) is 6.42 Å². The first-order valence-electron chi connectivity index (χ1n) is 7.50. The molecule has 114 valence electrons. The Bertz CT molecular complexity index is 384. The molecule has 2 aliphatic carbocycles. The summed E-state index contributed by atoms with van der Waals surface area (Å²) in [5.41, 5.74) is 1.57. The van der Waals surface area contributed by atoms with Gasteiger partial charge in [0.1, 0.15) is 0 Å². The van der Waals surface area contributed by atoms with Gasteiger partial charge in [-0.15, -0.1) is 0 Å². The molecule has 3 unspecified atom stereocenters. The molecule has 2 bridgehead atoms. The summed E-state index contributed by atoms with van der Waals surface area (Å²) in [6.45, 7) is 8.47. The highest BCUT2D eigenvalue weighted by Gasteiger charge is 2.44. The highest BCUT2D eigenvalue weighted by Crippen LogP contribution is 2.49. The smallest absolute Gasteiger partial charge is 0.309 e. The molecule has 2 rings (SSSR count). The number of aliphatic carboxylic acids is 1. The molecule has 0 aromatic rings. The quantitative estimate of drug-likeness (QED) is 0.635. The third-order valence-corrected chi connectivity index (χ3v) is 4.05. The van der Waals surface area contributed by atoms with Crippen molar-refractivity contribution >= 4 is 11.9 Å². The fourth-order valence-electron chi connectivity index (χ4n) is 3.09. The van der Waals surface area contributed by atoms with Crippen molar-refractivity contribution in [2.45, 2.75) is 47.0 Å². The van der Waals surface area contributed by atoms with Crippen LogP contribution in [0.4, 0.5) is 0 Å². The summed E-state index contributed by atoms with van der Waals surface area (Å²) in [4.78, 5) is 21.0. The molecule has 3 atom stereocenters. The second-order valence-corrected chi connectivity index (χ2v) is 5.76. The topological polar surface area (TPSA) is 63.6 Å². The van der Waals surface area contributed by atoms with Crippen LogP contribution >= 0.6 is 0 Å². The Kier molecular flexibility index (Phi) is 6.24. The van der Waals surface area contributed by atoms with Crippen LogP contribution in [-0.2, 0) is 14.3 Å². The van der Waals surface area contributed by atoms with Crippen molar-refractivity contribution in [2.24, 2.45) is 23.7 Å². The summed E-state index contributed by atoms with van der Waals surface area (Å²) in [7, 11) is 0. The largest absolute Gasteiger partial charge is 0.481 e. The van der Waals surface area contributed by atoms with Crippen molar-refractivity contribution in [1.29, 1.82) is 0 Å². The molecule has 0 heterocycles. The molecule has 20 heavy (non-hydrogen) atoms. The lowest BCUT2D eigenvalue weighted by Gasteiger charge is -2.21. The lowest BCUT2D eigenvalue weighted by molar-refractivity contribution is -0.148. The molecule has 1 fully saturated rings. The summed E-state index contributed by atoms with van der Waals surface area (Å²) < 4.78 is 5.11. The highest BCUT2D eigenvalue weighted by molar-refractivity contribution is 5.74. The number of rotatable bonds is 4. The Morgan fingerprint density at radius 3 is 2.30 bits per heavy atom. The maximum absolute atomic E-state index is 11.7. The maximum atomic E-state index is 11.7. The van der Waals surface area contributed by atoms with Gasteiger partial charge in [-0.25, -0.2) is 0 Å². The number of carbonyl (C=O) groups excluding carboxylic acids is 1. The van der Waals surface area contributed by atoms with E-state index in [2.05, 4.69) is 19.9 Å². The zero-order chi connectivity index (χ0) is 15.3. The monoisotopic (exact) mass is 282 g/mol. The molecule has 0 aromatic heterocycles. The third-order valence-electron chi connectivity index (χ3n) is 4.05. The van der Waals surface area contributed by atoms with Crippen LogP contribution < -0.4 is 0 Å². The molecule has 0 saturated heterocycles. The Hall–Kier alpha value is -1.32. The van der Waals surface area contributed by atoms with Gasteiger partial charge in [-0.1, -0.05) is 32.4 Å². The first-order valence-corrected chi connectivity index (χ1v) is 7.50. The van der Waals surface area contributed by atoms with Crippen LogP contribution in [0.15, 0.2) is 11.6 Å². The van der Waals surface area contributed by atoms with Crippen molar-refractivity contribution in [3.05, 3.63) is 11.6 Å². The average Bonchev–Trinajstić information content (AvgIpc) is 2.99. The predicted octanol–water partition coefficient (Wildman–Crippen LogP) is 3.27. The number of ether oxygens (including phenoxy) is 1. The van der Waals surface area contributed by atoms with E-state index in [0.29, 0.717) is 24.4 Å². The van der Waals surface area contributed by atoms with Crippen LogP contribution in [0.5, 0.6) is 0 Å². The number of hydrogen-bond acceptors (Lipinski definition) is 3. The molecule has 4 heteroatoms. The van der Waals surface area contributed by atoms with E-state index in [1.54, 1.807) is 12.5 Å². The van der Waals surface area contributed by atoms with Crippen molar-refractivity contribution in [3.63, 3.8) is 0 Å². The zero-order valence-electron chi connectivity index (χ0n) is 12.9. The minimum Gasteiger partial charge on any atom is -0.481 e. The molecular formula is C16H26O4. The standard InChI is InChI=1S/C13H20O2.C3H6O2/c1-4-15-13(14)12-7-9-5-10(12)6-11(9)8(2)3;1-2-3(4)5/h6,8-10,12H,4-5,7H2,1-3H3;2H2,1H3,(H,4,5). The van der Waals surface area contributed by atoms with Crippen molar-refractivity contribution in [1.82, 2.24) is 0 Å². The zero-order valence-corrected chi connectivity index (χ0v) is 12.9. The van der Waals surface area contributed by atoms with Gasteiger partial charge in [0.15, 0.2) is 0 Å². The van der Waals surface area contributed by atoms with Crippen molar-refractivity contribution in [2.75, 3.05) is 6.61 Å². The summed E-state index contributed by atoms with van der Waals surface area (Å²) in [6.07, 6.45) is 4.75. The van der Waals surface area contributed by atoms with Crippen molar-refractivity contribution in [3.8, 4) is 0 Å². The number of carboxylic acids is 1. The molecule has 1 saturated carbocycles. The van der Waals surface area contributed by atoms with Gasteiger partial charge in [-0.2, -0.15) is 0 Å². The van der Waals surface area contributed by atoms with Gasteiger partial charge >= 0.3 is 11.9 Å². The Balaban J connectivity index is 0.000000347. The van der Waals surface area contributed by atoms with Crippen LogP contribution in [0.2, 0.25) is 0 Å². The number of hydrogen-bond donors (Lipinski definition) is 1. The second-order valence-electron chi connectivity index (χ2n) is 5.76. The molecule has 0 aromatic carbocycles. The predicted molar refractivity (Wildman–Crippen MR) is 77.2 cm³/mol. The Morgan fingerprint density at radius 2 is 1.95 bits per heavy atom. The third kappa shape index (κ3) is 4.09. The molecule has 4 nitrogen and oxygen atoms in total. The van der Waals surface area contributed by atoms with Crippen LogP contribution in [0.1, 0.15) is 47.0 Å². The van der Waals surface area contributed by atoms with E-state index in [-0.39, 0.29) is 18.3 Å². The molecule has 0 spiro atoms. The molecule has 0 aliphatic heterocycles. The summed E-state index contributed by atoms with van der Waals surface area (Å²) in [5, 5.41) is 7.72. The van der Waals surface area contributed by atoms with E-state index >= 15 is 0 Å². The highest BCUT2D eigenvalue weighted by atomic mass is 16.5. The number of esters is 1. The van der Waals surface area contributed by atoms with Crippen LogP contribution in [0, 0.1) is 23.7 Å². The van der Waals surface area contributed by atoms with Crippen LogP contribution in [0.25, 0.3) is 0 Å². The fourth-order valence-corrected chi connectivity index (χ4v) is 3.09. The summed E-state index contributed by atoms with van der Waals surface area (Å²) in [6, 6.07) is 0.